The molecular formula is C8H10BBrO. The Balaban J connectivity index is 4.06. The van der Waals surface area contributed by atoms with Crippen molar-refractivity contribution in [2.75, 3.05) is 0 Å². The molecule has 2 radical (unpaired) electrons. The molecule has 11 heavy (non-hydrogen) atoms. The van der Waals surface area contributed by atoms with E-state index >= 15 is 0 Å². The molecule has 0 heterocycles. The van der Waals surface area contributed by atoms with E-state index < -0.39 is 0 Å². The van der Waals surface area contributed by atoms with Crippen molar-refractivity contribution in [2.45, 2.75) is 19.8 Å². The Morgan fingerprint density at radius 1 is 1.64 bits per heavy atom. The Hall–Kier alpha value is -0.305. The molecule has 0 aromatic rings. The van der Waals surface area contributed by atoms with Gasteiger partial charge < -0.3 is 4.79 Å². The highest BCUT2D eigenvalue weighted by Crippen LogP contribution is 2.10. The highest BCUT2D eigenvalue weighted by Gasteiger charge is 1.88. The van der Waals surface area contributed by atoms with Gasteiger partial charge in [0.05, 0.1) is 0 Å². The summed E-state index contributed by atoms with van der Waals surface area (Å²) in [5.74, 6) is 0. The molecular weight excluding hydrogens is 203 g/mol. The highest BCUT2D eigenvalue weighted by molar-refractivity contribution is 9.11. The molecule has 0 saturated heterocycles. The van der Waals surface area contributed by atoms with Crippen LogP contribution in [0.2, 0.25) is 0 Å². The monoisotopic (exact) mass is 212 g/mol. The van der Waals surface area contributed by atoms with Crippen LogP contribution in [0, 0.1) is 0 Å². The van der Waals surface area contributed by atoms with Crippen molar-refractivity contribution < 1.29 is 4.79 Å². The second-order valence-electron chi connectivity index (χ2n) is 2.09. The Morgan fingerprint density at radius 2 is 2.27 bits per heavy atom. The van der Waals surface area contributed by atoms with Gasteiger partial charge in [0, 0.05) is 10.9 Å². The Bertz CT molecular complexity index is 185. The maximum absolute atomic E-state index is 10.00. The molecule has 0 rings (SSSR count). The summed E-state index contributed by atoms with van der Waals surface area (Å²) in [5, 5.41) is 0. The van der Waals surface area contributed by atoms with Crippen LogP contribution in [-0.2, 0) is 4.79 Å². The summed E-state index contributed by atoms with van der Waals surface area (Å²) in [4.78, 5) is 10.00. The molecule has 0 fully saturated rings. The molecule has 0 aliphatic rings. The number of hydrogen-bond donors (Lipinski definition) is 0. The van der Waals surface area contributed by atoms with Gasteiger partial charge in [-0.15, -0.1) is 5.47 Å². The number of hydrogen-bond acceptors (Lipinski definition) is 1. The van der Waals surface area contributed by atoms with E-state index in [9.17, 15) is 4.79 Å². The summed E-state index contributed by atoms with van der Waals surface area (Å²) >= 11 is 3.30. The van der Waals surface area contributed by atoms with Gasteiger partial charge in [-0.1, -0.05) is 35.0 Å². The van der Waals surface area contributed by atoms with Crippen molar-refractivity contribution in [1.29, 1.82) is 0 Å². The molecule has 0 bridgehead atoms. The SMILES string of the molecule is [B]/C(=C/C(Br)=C\CC)CC=O. The molecule has 0 spiro atoms. The molecule has 0 N–H and O–H groups in total. The van der Waals surface area contributed by atoms with Gasteiger partial charge in [-0.05, 0) is 6.42 Å². The van der Waals surface area contributed by atoms with Crippen molar-refractivity contribution in [1.82, 2.24) is 0 Å². The second-order valence-corrected chi connectivity index (χ2v) is 3.00. The van der Waals surface area contributed by atoms with E-state index in [1.807, 2.05) is 13.0 Å². The van der Waals surface area contributed by atoms with Gasteiger partial charge >= 0.3 is 0 Å². The minimum absolute atomic E-state index is 0.298. The Labute approximate surface area is 77.1 Å². The first-order valence-corrected chi connectivity index (χ1v) is 4.25. The Morgan fingerprint density at radius 3 is 2.73 bits per heavy atom. The molecule has 0 amide bonds. The number of rotatable bonds is 4. The maximum atomic E-state index is 10.00. The fraction of sp³-hybridized carbons (Fsp3) is 0.375. The summed E-state index contributed by atoms with van der Waals surface area (Å²) in [6, 6.07) is 0. The van der Waals surface area contributed by atoms with Crippen molar-refractivity contribution in [3.8, 4) is 0 Å². The number of carbonyl (C=O) groups is 1. The third kappa shape index (κ3) is 6.11. The normalized spacial score (nSPS) is 13.3. The fourth-order valence-electron chi connectivity index (χ4n) is 0.586. The van der Waals surface area contributed by atoms with Crippen LogP contribution >= 0.6 is 15.9 Å². The van der Waals surface area contributed by atoms with Gasteiger partial charge in [0.1, 0.15) is 14.1 Å². The first-order valence-electron chi connectivity index (χ1n) is 3.46. The second kappa shape index (κ2) is 6.41. The summed E-state index contributed by atoms with van der Waals surface area (Å²) in [6.45, 7) is 2.03. The summed E-state index contributed by atoms with van der Waals surface area (Å²) in [5.41, 5.74) is 0.580. The van der Waals surface area contributed by atoms with Gasteiger partial charge in [-0.2, -0.15) is 0 Å². The standard InChI is InChI=1S/C8H10BBrO/c1-2-3-8(10)6-7(9)4-5-11/h3,5-6H,2,4H2,1H3/b7-6+,8-3+. The zero-order chi connectivity index (χ0) is 8.69. The van der Waals surface area contributed by atoms with E-state index in [1.165, 1.54) is 0 Å². The lowest BCUT2D eigenvalue weighted by Crippen LogP contribution is -1.82. The first kappa shape index (κ1) is 10.7. The van der Waals surface area contributed by atoms with Gasteiger partial charge in [-0.25, -0.2) is 0 Å². The molecule has 3 heteroatoms. The predicted octanol–water partition coefficient (Wildman–Crippen LogP) is 2.32. The lowest BCUT2D eigenvalue weighted by molar-refractivity contribution is -0.107. The molecule has 1 nitrogen and oxygen atoms in total. The van der Waals surface area contributed by atoms with E-state index in [0.29, 0.717) is 11.9 Å². The van der Waals surface area contributed by atoms with E-state index in [0.717, 1.165) is 17.2 Å². The van der Waals surface area contributed by atoms with Crippen LogP contribution in [0.5, 0.6) is 0 Å². The third-order valence-corrected chi connectivity index (χ3v) is 1.59. The summed E-state index contributed by atoms with van der Waals surface area (Å²) in [7, 11) is 5.47. The number of allylic oxidation sites excluding steroid dienone is 4. The molecule has 0 aromatic heterocycles. The average molecular weight is 213 g/mol. The van der Waals surface area contributed by atoms with E-state index in [1.54, 1.807) is 6.08 Å². The third-order valence-electron chi connectivity index (χ3n) is 1.04. The van der Waals surface area contributed by atoms with Crippen LogP contribution in [0.25, 0.3) is 0 Å². The van der Waals surface area contributed by atoms with Crippen molar-refractivity contribution in [3.05, 3.63) is 22.1 Å². The van der Waals surface area contributed by atoms with Crippen molar-refractivity contribution >= 4 is 30.1 Å². The summed E-state index contributed by atoms with van der Waals surface area (Å²) in [6.07, 6.45) is 5.77. The van der Waals surface area contributed by atoms with E-state index in [4.69, 9.17) is 7.85 Å². The zero-order valence-corrected chi connectivity index (χ0v) is 8.10. The minimum atomic E-state index is 0.298. The van der Waals surface area contributed by atoms with Crippen LogP contribution in [0.4, 0.5) is 0 Å². The lowest BCUT2D eigenvalue weighted by Gasteiger charge is -1.93. The smallest absolute Gasteiger partial charge is 0.123 e. The van der Waals surface area contributed by atoms with Crippen molar-refractivity contribution in [3.63, 3.8) is 0 Å². The molecule has 0 aliphatic carbocycles. The Kier molecular flexibility index (Phi) is 6.23. The number of carbonyl (C=O) groups excluding carboxylic acids is 1. The summed E-state index contributed by atoms with van der Waals surface area (Å²) < 4.78 is 0.930. The lowest BCUT2D eigenvalue weighted by atomic mass is 9.92. The minimum Gasteiger partial charge on any atom is -0.303 e. The number of aldehydes is 1. The topological polar surface area (TPSA) is 17.1 Å². The van der Waals surface area contributed by atoms with Crippen LogP contribution in [0.15, 0.2) is 22.1 Å². The van der Waals surface area contributed by atoms with E-state index in [2.05, 4.69) is 15.9 Å². The average Bonchev–Trinajstić information content (AvgIpc) is 1.87. The molecule has 0 unspecified atom stereocenters. The van der Waals surface area contributed by atoms with Crippen LogP contribution in [-0.4, -0.2) is 14.1 Å². The highest BCUT2D eigenvalue weighted by atomic mass is 79.9. The molecule has 58 valence electrons. The van der Waals surface area contributed by atoms with Crippen molar-refractivity contribution in [2.24, 2.45) is 0 Å². The molecule has 0 aliphatic heterocycles. The quantitative estimate of drug-likeness (QED) is 0.397. The first-order chi connectivity index (χ1) is 5.20. The molecule has 0 atom stereocenters. The largest absolute Gasteiger partial charge is 0.303 e. The maximum Gasteiger partial charge on any atom is 0.123 e. The number of halogens is 1. The predicted molar refractivity (Wildman–Crippen MR) is 51.8 cm³/mol. The molecule has 0 aromatic carbocycles. The van der Waals surface area contributed by atoms with Gasteiger partial charge in [0.25, 0.3) is 0 Å². The fourth-order valence-corrected chi connectivity index (χ4v) is 1.20. The van der Waals surface area contributed by atoms with Crippen LogP contribution < -0.4 is 0 Å². The van der Waals surface area contributed by atoms with Crippen LogP contribution in [0.1, 0.15) is 19.8 Å². The van der Waals surface area contributed by atoms with Gasteiger partial charge in [0.15, 0.2) is 0 Å². The molecule has 0 saturated carbocycles. The van der Waals surface area contributed by atoms with E-state index in [-0.39, 0.29) is 0 Å². The van der Waals surface area contributed by atoms with Crippen LogP contribution in [0.3, 0.4) is 0 Å². The zero-order valence-electron chi connectivity index (χ0n) is 6.51. The van der Waals surface area contributed by atoms with Gasteiger partial charge in [0.2, 0.25) is 0 Å². The van der Waals surface area contributed by atoms with Gasteiger partial charge in [-0.3, -0.25) is 0 Å².